The second kappa shape index (κ2) is 2.83. The number of imidazole rings is 1. The number of nitrogens with one attached hydrogen (secondary N) is 1. The topological polar surface area (TPSA) is 29.9 Å². The molecule has 2 heterocycles. The minimum atomic E-state index is 0.538. The smallest absolute Gasteiger partial charge is 0.105 e. The molecule has 1 saturated heterocycles. The largest absolute Gasteiger partial charge is 0.335 e. The first-order valence-electron chi connectivity index (χ1n) is 5.49. The van der Waals surface area contributed by atoms with Gasteiger partial charge >= 0.3 is 0 Å². The van der Waals surface area contributed by atoms with Crippen molar-refractivity contribution in [3.8, 4) is 0 Å². The summed E-state index contributed by atoms with van der Waals surface area (Å²) in [7, 11) is 0. The van der Waals surface area contributed by atoms with Crippen LogP contribution in [-0.2, 0) is 6.54 Å². The third-order valence-electron chi connectivity index (χ3n) is 3.90. The maximum absolute atomic E-state index is 4.28. The van der Waals surface area contributed by atoms with Gasteiger partial charge in [0.2, 0.25) is 0 Å². The highest BCUT2D eigenvalue weighted by Crippen LogP contribution is 2.44. The van der Waals surface area contributed by atoms with Crippen LogP contribution in [0.2, 0.25) is 0 Å². The van der Waals surface area contributed by atoms with Gasteiger partial charge in [-0.2, -0.15) is 0 Å². The van der Waals surface area contributed by atoms with E-state index in [9.17, 15) is 0 Å². The Bertz CT molecular complexity index is 334. The summed E-state index contributed by atoms with van der Waals surface area (Å²) in [5.41, 5.74) is 0.538. The van der Waals surface area contributed by atoms with E-state index in [1.807, 2.05) is 6.20 Å². The van der Waals surface area contributed by atoms with Crippen LogP contribution >= 0.6 is 0 Å². The summed E-state index contributed by atoms with van der Waals surface area (Å²) in [6.45, 7) is 4.45. The van der Waals surface area contributed by atoms with Crippen LogP contribution in [0.1, 0.15) is 25.1 Å². The van der Waals surface area contributed by atoms with E-state index in [-0.39, 0.29) is 0 Å². The van der Waals surface area contributed by atoms with Gasteiger partial charge in [-0.15, -0.1) is 0 Å². The monoisotopic (exact) mass is 191 g/mol. The van der Waals surface area contributed by atoms with Crippen molar-refractivity contribution in [2.45, 2.75) is 38.8 Å². The molecule has 3 heteroatoms. The fourth-order valence-corrected chi connectivity index (χ4v) is 3.03. The quantitative estimate of drug-likeness (QED) is 0.764. The maximum Gasteiger partial charge on any atom is 0.105 e. The van der Waals surface area contributed by atoms with Gasteiger partial charge in [-0.3, -0.25) is 0 Å². The second-order valence-electron chi connectivity index (χ2n) is 4.92. The van der Waals surface area contributed by atoms with Gasteiger partial charge in [-0.1, -0.05) is 0 Å². The average molecular weight is 191 g/mol. The highest BCUT2D eigenvalue weighted by molar-refractivity contribution is 5.02. The highest BCUT2D eigenvalue weighted by atomic mass is 15.1. The fraction of sp³-hybridized carbons (Fsp3) is 0.727. The minimum Gasteiger partial charge on any atom is -0.335 e. The lowest BCUT2D eigenvalue weighted by Gasteiger charge is -2.27. The Morgan fingerprint density at radius 2 is 2.64 bits per heavy atom. The number of fused-ring (bicyclic) bond motifs is 2. The van der Waals surface area contributed by atoms with Crippen molar-refractivity contribution in [1.82, 2.24) is 14.9 Å². The third-order valence-corrected chi connectivity index (χ3v) is 3.90. The molecule has 2 atom stereocenters. The number of rotatable bonds is 2. The van der Waals surface area contributed by atoms with Crippen LogP contribution in [0, 0.1) is 12.3 Å². The summed E-state index contributed by atoms with van der Waals surface area (Å²) in [4.78, 5) is 4.28. The number of piperidine rings is 1. The first kappa shape index (κ1) is 8.48. The number of hydrogen-bond acceptors (Lipinski definition) is 2. The van der Waals surface area contributed by atoms with Crippen molar-refractivity contribution < 1.29 is 0 Å². The first-order valence-corrected chi connectivity index (χ1v) is 5.49. The van der Waals surface area contributed by atoms with Crippen molar-refractivity contribution >= 4 is 0 Å². The summed E-state index contributed by atoms with van der Waals surface area (Å²) in [5.74, 6) is 1.15. The maximum atomic E-state index is 4.28. The van der Waals surface area contributed by atoms with Crippen molar-refractivity contribution in [1.29, 1.82) is 0 Å². The van der Waals surface area contributed by atoms with Crippen molar-refractivity contribution in [3.63, 3.8) is 0 Å². The molecule has 0 aromatic carbocycles. The van der Waals surface area contributed by atoms with Gasteiger partial charge in [0.15, 0.2) is 0 Å². The van der Waals surface area contributed by atoms with Crippen LogP contribution in [0.5, 0.6) is 0 Å². The molecule has 0 spiro atoms. The Morgan fingerprint density at radius 1 is 1.71 bits per heavy atom. The van der Waals surface area contributed by atoms with Crippen molar-refractivity contribution in [2.24, 2.45) is 5.41 Å². The van der Waals surface area contributed by atoms with Gasteiger partial charge in [0, 0.05) is 36.9 Å². The van der Waals surface area contributed by atoms with Gasteiger partial charge in [-0.25, -0.2) is 4.98 Å². The van der Waals surface area contributed by atoms with Crippen molar-refractivity contribution in [2.75, 3.05) is 6.54 Å². The minimum absolute atomic E-state index is 0.538. The Morgan fingerprint density at radius 3 is 3.14 bits per heavy atom. The molecule has 0 amide bonds. The Kier molecular flexibility index (Phi) is 1.71. The molecular formula is C11H17N3. The lowest BCUT2D eigenvalue weighted by Crippen LogP contribution is -2.32. The van der Waals surface area contributed by atoms with Crippen LogP contribution in [0.25, 0.3) is 0 Å². The second-order valence-corrected chi connectivity index (χ2v) is 4.92. The summed E-state index contributed by atoms with van der Waals surface area (Å²) < 4.78 is 2.30. The van der Waals surface area contributed by atoms with Gasteiger partial charge in [0.1, 0.15) is 5.82 Å². The molecule has 1 aromatic heterocycles. The molecule has 3 nitrogen and oxygen atoms in total. The summed E-state index contributed by atoms with van der Waals surface area (Å²) in [5, 5.41) is 3.60. The Hall–Kier alpha value is -0.830. The Labute approximate surface area is 84.5 Å². The molecule has 2 fully saturated rings. The lowest BCUT2D eigenvalue weighted by molar-refractivity contribution is 0.264. The standard InChI is InChI=1S/C11H17N3/c1-9-12-4-5-14(9)8-11-3-2-10(6-11)13-7-11/h4-5,10,13H,2-3,6-8H2,1H3. The van der Waals surface area contributed by atoms with E-state index < -0.39 is 0 Å². The van der Waals surface area contributed by atoms with Crippen LogP contribution < -0.4 is 5.32 Å². The molecule has 14 heavy (non-hydrogen) atoms. The fourth-order valence-electron chi connectivity index (χ4n) is 3.03. The molecule has 1 saturated carbocycles. The lowest BCUT2D eigenvalue weighted by atomic mass is 9.87. The molecule has 3 rings (SSSR count). The molecule has 2 aliphatic rings. The predicted octanol–water partition coefficient (Wildman–Crippen LogP) is 1.33. The molecule has 2 unspecified atom stereocenters. The molecule has 1 N–H and O–H groups in total. The van der Waals surface area contributed by atoms with Gasteiger partial charge in [0.05, 0.1) is 0 Å². The number of nitrogens with zero attached hydrogens (tertiary/aromatic N) is 2. The van der Waals surface area contributed by atoms with Crippen LogP contribution in [-0.4, -0.2) is 22.1 Å². The zero-order valence-corrected chi connectivity index (χ0v) is 8.66. The van der Waals surface area contributed by atoms with Gasteiger partial charge < -0.3 is 9.88 Å². The SMILES string of the molecule is Cc1nccn1CC12CCC(C1)NC2. The molecule has 1 aliphatic carbocycles. The molecular weight excluding hydrogens is 174 g/mol. The van der Waals surface area contributed by atoms with E-state index in [1.54, 1.807) is 0 Å². The van der Waals surface area contributed by atoms with E-state index in [0.29, 0.717) is 5.41 Å². The zero-order chi connectivity index (χ0) is 9.60. The van der Waals surface area contributed by atoms with Crippen LogP contribution in [0.15, 0.2) is 12.4 Å². The van der Waals surface area contributed by atoms with Crippen LogP contribution in [0.4, 0.5) is 0 Å². The number of hydrogen-bond donors (Lipinski definition) is 1. The molecule has 2 bridgehead atoms. The first-order chi connectivity index (χ1) is 6.77. The van der Waals surface area contributed by atoms with E-state index in [4.69, 9.17) is 0 Å². The van der Waals surface area contributed by atoms with E-state index in [1.165, 1.54) is 25.8 Å². The summed E-state index contributed by atoms with van der Waals surface area (Å²) >= 11 is 0. The third kappa shape index (κ3) is 1.19. The summed E-state index contributed by atoms with van der Waals surface area (Å²) in [6, 6.07) is 0.804. The molecule has 1 aliphatic heterocycles. The van der Waals surface area contributed by atoms with Gasteiger partial charge in [0.25, 0.3) is 0 Å². The van der Waals surface area contributed by atoms with E-state index >= 15 is 0 Å². The zero-order valence-electron chi connectivity index (χ0n) is 8.66. The average Bonchev–Trinajstić information content (AvgIpc) is 2.84. The van der Waals surface area contributed by atoms with Crippen molar-refractivity contribution in [3.05, 3.63) is 18.2 Å². The van der Waals surface area contributed by atoms with Crippen LogP contribution in [0.3, 0.4) is 0 Å². The normalized spacial score (nSPS) is 35.4. The highest BCUT2D eigenvalue weighted by Gasteiger charge is 2.44. The molecule has 1 aromatic rings. The number of aryl methyl sites for hydroxylation is 1. The van der Waals surface area contributed by atoms with Gasteiger partial charge in [-0.05, 0) is 26.2 Å². The molecule has 76 valence electrons. The predicted molar refractivity (Wildman–Crippen MR) is 55.0 cm³/mol. The number of aromatic nitrogens is 2. The Balaban J connectivity index is 1.81. The van der Waals surface area contributed by atoms with E-state index in [0.717, 1.165) is 18.4 Å². The summed E-state index contributed by atoms with van der Waals surface area (Å²) in [6.07, 6.45) is 8.14. The van der Waals surface area contributed by atoms with E-state index in [2.05, 4.69) is 28.0 Å². The molecule has 0 radical (unpaired) electrons.